The van der Waals surface area contributed by atoms with Gasteiger partial charge in [0, 0.05) is 0 Å². The van der Waals surface area contributed by atoms with Crippen molar-refractivity contribution in [2.45, 2.75) is 6.92 Å². The van der Waals surface area contributed by atoms with E-state index < -0.39 is 8.03 Å². The Morgan fingerprint density at radius 3 is 2.67 bits per heavy atom. The fourth-order valence-corrected chi connectivity index (χ4v) is 0.787. The van der Waals surface area contributed by atoms with Crippen molar-refractivity contribution >= 4 is 25.4 Å². The predicted octanol–water partition coefficient (Wildman–Crippen LogP) is 1.69. The van der Waals surface area contributed by atoms with E-state index in [1.807, 2.05) is 5.16 Å². The van der Waals surface area contributed by atoms with Crippen LogP contribution in [0.25, 0.3) is 0 Å². The molecule has 1 N–H and O–H groups in total. The standard InChI is InChI=1S/C4H4NO2PS/c1-2-4(5-3-9)8(6)7/h2H,1H3/p+1. The number of allylic oxidation sites excluding steroid dienone is 1. The first-order chi connectivity index (χ1) is 4.22. The van der Waals surface area contributed by atoms with Gasteiger partial charge in [-0.05, 0) is 29.8 Å². The third kappa shape index (κ3) is 3.22. The lowest BCUT2D eigenvalue weighted by molar-refractivity contribution is 0.509. The second-order valence-corrected chi connectivity index (χ2v) is 2.31. The first kappa shape index (κ1) is 8.60. The summed E-state index contributed by atoms with van der Waals surface area (Å²) in [5.74, 6) is 0. The molecular weight excluding hydrogens is 157 g/mol. The summed E-state index contributed by atoms with van der Waals surface area (Å²) in [6.45, 7) is 1.61. The van der Waals surface area contributed by atoms with Crippen LogP contribution in [0.2, 0.25) is 0 Å². The highest BCUT2D eigenvalue weighted by Gasteiger charge is 2.17. The highest BCUT2D eigenvalue weighted by Crippen LogP contribution is 2.26. The second kappa shape index (κ2) is 4.48. The molecule has 0 saturated heterocycles. The number of hydrogen-bond acceptors (Lipinski definition) is 3. The SMILES string of the molecule is CC=C(N=C=S)[P+](=O)O. The van der Waals surface area contributed by atoms with E-state index >= 15 is 0 Å². The van der Waals surface area contributed by atoms with Gasteiger partial charge in [-0.3, -0.25) is 0 Å². The molecule has 0 rings (SSSR count). The average Bonchev–Trinajstić information content (AvgIpc) is 1.82. The number of hydrogen-bond donors (Lipinski definition) is 1. The van der Waals surface area contributed by atoms with Gasteiger partial charge in [0.05, 0.1) is 5.16 Å². The van der Waals surface area contributed by atoms with E-state index in [-0.39, 0.29) is 5.44 Å². The number of nitrogens with zero attached hydrogens (tertiary/aromatic N) is 1. The van der Waals surface area contributed by atoms with Gasteiger partial charge in [-0.1, -0.05) is 0 Å². The van der Waals surface area contributed by atoms with Gasteiger partial charge in [0.15, 0.2) is 0 Å². The molecule has 0 amide bonds. The van der Waals surface area contributed by atoms with Crippen LogP contribution in [0.1, 0.15) is 6.92 Å². The van der Waals surface area contributed by atoms with Crippen LogP contribution in [0.15, 0.2) is 16.5 Å². The van der Waals surface area contributed by atoms with Crippen LogP contribution in [0.4, 0.5) is 0 Å². The van der Waals surface area contributed by atoms with Gasteiger partial charge < -0.3 is 0 Å². The molecule has 0 aliphatic carbocycles. The summed E-state index contributed by atoms with van der Waals surface area (Å²) in [6, 6.07) is 0. The molecule has 0 aliphatic rings. The summed E-state index contributed by atoms with van der Waals surface area (Å²) in [5, 5.41) is 2.00. The van der Waals surface area contributed by atoms with Crippen LogP contribution in [0.3, 0.4) is 0 Å². The lowest BCUT2D eigenvalue weighted by atomic mass is 10.7. The minimum atomic E-state index is -2.35. The van der Waals surface area contributed by atoms with Crippen molar-refractivity contribution in [2.24, 2.45) is 4.99 Å². The van der Waals surface area contributed by atoms with E-state index in [0.717, 1.165) is 0 Å². The first-order valence-corrected chi connectivity index (χ1v) is 3.74. The molecule has 0 spiro atoms. The van der Waals surface area contributed by atoms with Gasteiger partial charge in [-0.25, -0.2) is 0 Å². The van der Waals surface area contributed by atoms with Gasteiger partial charge in [0.2, 0.25) is 0 Å². The minimum absolute atomic E-state index is 0.0694. The third-order valence-corrected chi connectivity index (χ3v) is 1.46. The Morgan fingerprint density at radius 1 is 2.00 bits per heavy atom. The Morgan fingerprint density at radius 2 is 2.56 bits per heavy atom. The van der Waals surface area contributed by atoms with Gasteiger partial charge in [-0.2, -0.15) is 4.89 Å². The molecule has 0 aromatic carbocycles. The van der Waals surface area contributed by atoms with E-state index in [2.05, 4.69) is 17.2 Å². The molecule has 48 valence electrons. The Labute approximate surface area is 59.0 Å². The van der Waals surface area contributed by atoms with Gasteiger partial charge in [0.1, 0.15) is 0 Å². The smallest absolute Gasteiger partial charge is 0.155 e. The van der Waals surface area contributed by atoms with Crippen molar-refractivity contribution in [1.82, 2.24) is 0 Å². The van der Waals surface area contributed by atoms with Crippen molar-refractivity contribution < 1.29 is 9.46 Å². The zero-order valence-corrected chi connectivity index (χ0v) is 6.45. The molecule has 1 unspecified atom stereocenters. The first-order valence-electron chi connectivity index (χ1n) is 2.12. The number of isothiocyanates is 1. The minimum Gasteiger partial charge on any atom is -0.155 e. The van der Waals surface area contributed by atoms with E-state index in [0.29, 0.717) is 0 Å². The Kier molecular flexibility index (Phi) is 4.28. The molecule has 9 heavy (non-hydrogen) atoms. The molecule has 0 fully saturated rings. The Hall–Kier alpha value is -0.400. The van der Waals surface area contributed by atoms with E-state index in [9.17, 15) is 4.57 Å². The van der Waals surface area contributed by atoms with Crippen LogP contribution in [-0.2, 0) is 4.57 Å². The van der Waals surface area contributed by atoms with Crippen molar-refractivity contribution in [1.29, 1.82) is 0 Å². The van der Waals surface area contributed by atoms with E-state index in [4.69, 9.17) is 4.89 Å². The summed E-state index contributed by atoms with van der Waals surface area (Å²) < 4.78 is 10.2. The van der Waals surface area contributed by atoms with Crippen molar-refractivity contribution in [3.8, 4) is 0 Å². The zero-order valence-electron chi connectivity index (χ0n) is 4.74. The molecule has 3 nitrogen and oxygen atoms in total. The van der Waals surface area contributed by atoms with Gasteiger partial charge in [0.25, 0.3) is 0 Å². The van der Waals surface area contributed by atoms with E-state index in [1.165, 1.54) is 6.08 Å². The molecular formula is C4H5NO2PS+. The summed E-state index contributed by atoms with van der Waals surface area (Å²) in [6.07, 6.45) is 1.41. The summed E-state index contributed by atoms with van der Waals surface area (Å²) in [7, 11) is -2.35. The fraction of sp³-hybridized carbons (Fsp3) is 0.250. The summed E-state index contributed by atoms with van der Waals surface area (Å²) in [5.41, 5.74) is 0.0694. The normalized spacial score (nSPS) is 12.2. The highest BCUT2D eigenvalue weighted by atomic mass is 32.1. The molecule has 0 heterocycles. The fourth-order valence-electron chi connectivity index (χ4n) is 0.265. The quantitative estimate of drug-likeness (QED) is 0.382. The monoisotopic (exact) mass is 162 g/mol. The van der Waals surface area contributed by atoms with Gasteiger partial charge >= 0.3 is 13.5 Å². The van der Waals surface area contributed by atoms with Crippen LogP contribution in [0.5, 0.6) is 0 Å². The van der Waals surface area contributed by atoms with Gasteiger partial charge in [-0.15, -0.1) is 4.99 Å². The molecule has 0 bridgehead atoms. The Bertz CT molecular complexity index is 191. The van der Waals surface area contributed by atoms with Crippen molar-refractivity contribution in [3.63, 3.8) is 0 Å². The number of aliphatic imine (C=N–C) groups is 1. The molecule has 5 heteroatoms. The van der Waals surface area contributed by atoms with Crippen molar-refractivity contribution in [2.75, 3.05) is 0 Å². The summed E-state index contributed by atoms with van der Waals surface area (Å²) in [4.78, 5) is 11.7. The maximum absolute atomic E-state index is 10.2. The Balaban J connectivity index is 4.37. The lowest BCUT2D eigenvalue weighted by Crippen LogP contribution is -1.65. The maximum atomic E-state index is 10.2. The maximum Gasteiger partial charge on any atom is 0.567 e. The van der Waals surface area contributed by atoms with Crippen LogP contribution < -0.4 is 0 Å². The molecule has 0 aromatic rings. The molecule has 0 aromatic heterocycles. The number of thiocarbonyl (C=S) groups is 1. The molecule has 0 saturated carbocycles. The summed E-state index contributed by atoms with van der Waals surface area (Å²) >= 11 is 4.22. The largest absolute Gasteiger partial charge is 0.567 e. The lowest BCUT2D eigenvalue weighted by Gasteiger charge is -1.70. The van der Waals surface area contributed by atoms with Crippen LogP contribution in [-0.4, -0.2) is 10.1 Å². The molecule has 0 radical (unpaired) electrons. The van der Waals surface area contributed by atoms with E-state index in [1.54, 1.807) is 6.92 Å². The zero-order chi connectivity index (χ0) is 7.28. The topological polar surface area (TPSA) is 49.7 Å². The second-order valence-electron chi connectivity index (χ2n) is 1.12. The molecule has 1 atom stereocenters. The van der Waals surface area contributed by atoms with Crippen LogP contribution >= 0.6 is 20.2 Å². The molecule has 0 aliphatic heterocycles. The highest BCUT2D eigenvalue weighted by molar-refractivity contribution is 7.78. The van der Waals surface area contributed by atoms with Crippen molar-refractivity contribution in [3.05, 3.63) is 11.5 Å². The number of rotatable bonds is 2. The third-order valence-electron chi connectivity index (χ3n) is 0.614. The van der Waals surface area contributed by atoms with Crippen LogP contribution in [0, 0.1) is 0 Å². The predicted molar refractivity (Wildman–Crippen MR) is 38.6 cm³/mol. The average molecular weight is 162 g/mol.